The Hall–Kier alpha value is -2.11. The van der Waals surface area contributed by atoms with Crippen molar-refractivity contribution in [3.05, 3.63) is 58.0 Å². The number of furan rings is 1. The maximum absolute atomic E-state index is 12.2. The highest BCUT2D eigenvalue weighted by Gasteiger charge is 2.37. The fraction of sp³-hybridized carbons (Fsp3) is 0.560. The fourth-order valence-electron chi connectivity index (χ4n) is 4.23. The van der Waals surface area contributed by atoms with E-state index in [0.717, 1.165) is 5.76 Å². The Morgan fingerprint density at radius 3 is 2.43 bits per heavy atom. The summed E-state index contributed by atoms with van der Waals surface area (Å²) in [6.07, 6.45) is 3.05. The van der Waals surface area contributed by atoms with Gasteiger partial charge < -0.3 is 19.6 Å². The van der Waals surface area contributed by atoms with Crippen molar-refractivity contribution in [3.8, 4) is 0 Å². The van der Waals surface area contributed by atoms with Gasteiger partial charge in [-0.15, -0.1) is 0 Å². The number of benzene rings is 1. The number of ether oxygens (including phenoxy) is 1. The van der Waals surface area contributed by atoms with Gasteiger partial charge in [0.15, 0.2) is 5.76 Å². The molecule has 0 unspecified atom stereocenters. The lowest BCUT2D eigenvalue weighted by Crippen LogP contribution is -2.34. The number of rotatable bonds is 8. The van der Waals surface area contributed by atoms with Crippen LogP contribution >= 0.6 is 0 Å². The Morgan fingerprint density at radius 1 is 1.10 bits per heavy atom. The van der Waals surface area contributed by atoms with Crippen molar-refractivity contribution in [2.75, 3.05) is 26.4 Å². The van der Waals surface area contributed by atoms with Crippen molar-refractivity contribution < 1.29 is 19.1 Å². The van der Waals surface area contributed by atoms with Crippen molar-refractivity contribution in [2.24, 2.45) is 0 Å². The Bertz CT molecular complexity index is 895. The van der Waals surface area contributed by atoms with Crippen molar-refractivity contribution in [1.29, 1.82) is 0 Å². The number of carbonyl (C=O) groups is 1. The van der Waals surface area contributed by atoms with Gasteiger partial charge in [-0.25, -0.2) is 0 Å². The number of aliphatic hydroxyl groups excluding tert-OH is 1. The number of hydrogen-bond acceptors (Lipinski definition) is 4. The molecule has 2 aromatic rings. The van der Waals surface area contributed by atoms with Crippen LogP contribution in [0.15, 0.2) is 28.7 Å². The van der Waals surface area contributed by atoms with Crippen LogP contribution in [0.1, 0.15) is 79.1 Å². The van der Waals surface area contributed by atoms with Crippen LogP contribution in [0.25, 0.3) is 0 Å². The molecule has 5 heteroatoms. The summed E-state index contributed by atoms with van der Waals surface area (Å²) in [4.78, 5) is 12.2. The van der Waals surface area contributed by atoms with Gasteiger partial charge in [0.25, 0.3) is 5.91 Å². The van der Waals surface area contributed by atoms with E-state index in [-0.39, 0.29) is 30.0 Å². The molecular formula is C25H35NO4. The summed E-state index contributed by atoms with van der Waals surface area (Å²) in [6.45, 7) is 12.5. The zero-order valence-corrected chi connectivity index (χ0v) is 18.9. The second-order valence-electron chi connectivity index (χ2n) is 9.63. The number of aliphatic hydroxyl groups is 1. The largest absolute Gasteiger partial charge is 0.456 e. The van der Waals surface area contributed by atoms with E-state index >= 15 is 0 Å². The smallest absolute Gasteiger partial charge is 0.287 e. The van der Waals surface area contributed by atoms with Crippen LogP contribution < -0.4 is 5.32 Å². The zero-order valence-electron chi connectivity index (χ0n) is 18.9. The maximum Gasteiger partial charge on any atom is 0.287 e. The lowest BCUT2D eigenvalue weighted by molar-refractivity contribution is 0.0820. The highest BCUT2D eigenvalue weighted by atomic mass is 16.5. The number of nitrogens with one attached hydrogen (secondary N) is 1. The quantitative estimate of drug-likeness (QED) is 0.634. The minimum absolute atomic E-state index is 0.0215. The molecule has 1 aliphatic rings. The van der Waals surface area contributed by atoms with E-state index in [4.69, 9.17) is 14.3 Å². The molecule has 0 aliphatic heterocycles. The van der Waals surface area contributed by atoms with Crippen molar-refractivity contribution in [1.82, 2.24) is 5.32 Å². The zero-order chi connectivity index (χ0) is 21.9. The number of carbonyl (C=O) groups excluding carboxylic acids is 1. The second-order valence-corrected chi connectivity index (χ2v) is 9.63. The molecular weight excluding hydrogens is 378 g/mol. The van der Waals surface area contributed by atoms with Crippen molar-refractivity contribution in [2.45, 2.75) is 64.7 Å². The summed E-state index contributed by atoms with van der Waals surface area (Å²) in [5.41, 5.74) is 5.78. The topological polar surface area (TPSA) is 71.7 Å². The summed E-state index contributed by atoms with van der Waals surface area (Å²) >= 11 is 0. The van der Waals surface area contributed by atoms with Crippen molar-refractivity contribution in [3.63, 3.8) is 0 Å². The molecule has 0 saturated carbocycles. The third-order valence-electron chi connectivity index (χ3n) is 6.33. The molecule has 2 N–H and O–H groups in total. The van der Waals surface area contributed by atoms with Gasteiger partial charge in [-0.1, -0.05) is 39.8 Å². The normalized spacial score (nSPS) is 16.9. The van der Waals surface area contributed by atoms with Crippen LogP contribution in [0.3, 0.4) is 0 Å². The lowest BCUT2D eigenvalue weighted by atomic mass is 9.62. The number of fused-ring (bicyclic) bond motifs is 1. The SMILES string of the molecule is Cc1cc2c(cc1Cc1ccc(C(=O)NCCOCCO)o1)C(C)(C)CCC2(C)C. The summed E-state index contributed by atoms with van der Waals surface area (Å²) in [5, 5.41) is 11.5. The van der Waals surface area contributed by atoms with Crippen molar-refractivity contribution >= 4 is 5.91 Å². The highest BCUT2D eigenvalue weighted by molar-refractivity contribution is 5.91. The fourth-order valence-corrected chi connectivity index (χ4v) is 4.23. The number of aryl methyl sites for hydroxylation is 1. The molecule has 0 spiro atoms. The summed E-state index contributed by atoms with van der Waals surface area (Å²) < 4.78 is 11.0. The standard InChI is InChI=1S/C25H35NO4/c1-17-14-20-21(25(4,5)9-8-24(20,2)3)16-18(17)15-19-6-7-22(30-19)23(28)26-10-12-29-13-11-27/h6-7,14,16,27H,8-13,15H2,1-5H3,(H,26,28). The Balaban J connectivity index is 1.73. The van der Waals surface area contributed by atoms with E-state index in [1.54, 1.807) is 6.07 Å². The second kappa shape index (κ2) is 8.94. The molecule has 164 valence electrons. The van der Waals surface area contributed by atoms with E-state index in [9.17, 15) is 4.79 Å². The molecule has 5 nitrogen and oxygen atoms in total. The number of hydrogen-bond donors (Lipinski definition) is 2. The van der Waals surface area contributed by atoms with Gasteiger partial charge in [0.05, 0.1) is 19.8 Å². The van der Waals surface area contributed by atoms with Crippen LogP contribution in [0, 0.1) is 6.92 Å². The molecule has 0 fully saturated rings. The molecule has 1 amide bonds. The first-order chi connectivity index (χ1) is 14.1. The van der Waals surface area contributed by atoms with Crippen LogP contribution in [-0.4, -0.2) is 37.4 Å². The van der Waals surface area contributed by atoms with Gasteiger partial charge in [0, 0.05) is 13.0 Å². The molecule has 0 bridgehead atoms. The predicted molar refractivity (Wildman–Crippen MR) is 118 cm³/mol. The average Bonchev–Trinajstić information content (AvgIpc) is 3.15. The first kappa shape index (κ1) is 22.6. The van der Waals surface area contributed by atoms with Gasteiger partial charge in [0.2, 0.25) is 0 Å². The third kappa shape index (κ3) is 4.96. The predicted octanol–water partition coefficient (Wildman–Crippen LogP) is 4.27. The van der Waals surface area contributed by atoms with E-state index < -0.39 is 0 Å². The molecule has 1 aromatic carbocycles. The first-order valence-electron chi connectivity index (χ1n) is 10.8. The summed E-state index contributed by atoms with van der Waals surface area (Å²) in [7, 11) is 0. The third-order valence-corrected chi connectivity index (χ3v) is 6.33. The Kier molecular flexibility index (Phi) is 6.73. The van der Waals surface area contributed by atoms with Gasteiger partial charge >= 0.3 is 0 Å². The molecule has 3 rings (SSSR count). The lowest BCUT2D eigenvalue weighted by Gasteiger charge is -2.42. The maximum atomic E-state index is 12.2. The van der Waals surface area contributed by atoms with Crippen LogP contribution in [-0.2, 0) is 22.0 Å². The van der Waals surface area contributed by atoms with E-state index in [2.05, 4.69) is 52.1 Å². The van der Waals surface area contributed by atoms with Gasteiger partial charge in [-0.3, -0.25) is 4.79 Å². The van der Waals surface area contributed by atoms with E-state index in [0.29, 0.717) is 25.3 Å². The minimum atomic E-state index is -0.251. The average molecular weight is 414 g/mol. The summed E-state index contributed by atoms with van der Waals surface area (Å²) in [5.74, 6) is 0.843. The van der Waals surface area contributed by atoms with Gasteiger partial charge in [-0.05, 0) is 65.0 Å². The molecule has 30 heavy (non-hydrogen) atoms. The minimum Gasteiger partial charge on any atom is -0.456 e. The first-order valence-corrected chi connectivity index (χ1v) is 10.8. The molecule has 0 atom stereocenters. The molecule has 1 heterocycles. The molecule has 1 aromatic heterocycles. The van der Waals surface area contributed by atoms with Crippen LogP contribution in [0.4, 0.5) is 0 Å². The van der Waals surface area contributed by atoms with Gasteiger partial charge in [0.1, 0.15) is 5.76 Å². The van der Waals surface area contributed by atoms with Gasteiger partial charge in [-0.2, -0.15) is 0 Å². The van der Waals surface area contributed by atoms with Crippen LogP contribution in [0.2, 0.25) is 0 Å². The Labute approximate surface area is 179 Å². The molecule has 0 radical (unpaired) electrons. The highest BCUT2D eigenvalue weighted by Crippen LogP contribution is 2.46. The monoisotopic (exact) mass is 413 g/mol. The van der Waals surface area contributed by atoms with Crippen LogP contribution in [0.5, 0.6) is 0 Å². The summed E-state index contributed by atoms with van der Waals surface area (Å²) in [6, 6.07) is 8.31. The molecule has 0 saturated heterocycles. The van der Waals surface area contributed by atoms with E-state index in [1.165, 1.54) is 35.1 Å². The van der Waals surface area contributed by atoms with E-state index in [1.807, 2.05) is 6.07 Å². The number of amides is 1. The Morgan fingerprint density at radius 2 is 1.77 bits per heavy atom. The molecule has 1 aliphatic carbocycles.